The minimum absolute atomic E-state index is 0.153. The van der Waals surface area contributed by atoms with Crippen molar-refractivity contribution in [3.63, 3.8) is 0 Å². The largest absolute Gasteiger partial charge is 0.370 e. The van der Waals surface area contributed by atoms with Gasteiger partial charge in [-0.1, -0.05) is 73.8 Å². The molecule has 0 spiro atoms. The normalized spacial score (nSPS) is 13.7. The highest BCUT2D eigenvalue weighted by molar-refractivity contribution is 5.14. The van der Waals surface area contributed by atoms with Crippen molar-refractivity contribution in [3.8, 4) is 0 Å². The monoisotopic (exact) mass is 394 g/mol. The number of ether oxygens (including phenoxy) is 2. The van der Waals surface area contributed by atoms with Crippen molar-refractivity contribution in [2.24, 2.45) is 0 Å². The number of likely N-dealkylation sites (N-methyl/N-ethyl adjacent to an activating group) is 1. The molecule has 0 N–H and O–H groups in total. The average molecular weight is 395 g/mol. The van der Waals surface area contributed by atoms with Gasteiger partial charge in [0.25, 0.3) is 0 Å². The summed E-state index contributed by atoms with van der Waals surface area (Å²) in [6.07, 6.45) is 0. The van der Waals surface area contributed by atoms with E-state index in [4.69, 9.17) is 9.47 Å². The first kappa shape index (κ1) is 23.1. The van der Waals surface area contributed by atoms with Gasteiger partial charge in [-0.05, 0) is 36.1 Å². The zero-order valence-corrected chi connectivity index (χ0v) is 18.4. The number of rotatable bonds is 12. The Morgan fingerprint density at radius 3 is 1.38 bits per heavy atom. The standard InChI is InChI=1S/C26H36NO2/c1-21(2)25(19-28-17-23-13-9-7-10-14-23)27(5,6)26(22(3)4)20-29-18-24-15-11-8-12-16-24/h7-16,25-26H,1,3,17-20H2,2,4-6H3/q+1. The third kappa shape index (κ3) is 6.97. The Morgan fingerprint density at radius 1 is 0.724 bits per heavy atom. The van der Waals surface area contributed by atoms with Crippen LogP contribution < -0.4 is 0 Å². The molecule has 2 unspecified atom stereocenters. The zero-order chi connectivity index (χ0) is 21.3. The van der Waals surface area contributed by atoms with Crippen molar-refractivity contribution >= 4 is 0 Å². The van der Waals surface area contributed by atoms with E-state index in [0.29, 0.717) is 30.9 Å². The lowest BCUT2D eigenvalue weighted by Gasteiger charge is -2.44. The quantitative estimate of drug-likeness (QED) is 0.355. The van der Waals surface area contributed by atoms with E-state index in [1.54, 1.807) is 0 Å². The van der Waals surface area contributed by atoms with Crippen molar-refractivity contribution in [2.75, 3.05) is 27.3 Å². The molecule has 156 valence electrons. The summed E-state index contributed by atoms with van der Waals surface area (Å²) in [6.45, 7) is 15.1. The predicted molar refractivity (Wildman–Crippen MR) is 122 cm³/mol. The first-order valence-corrected chi connectivity index (χ1v) is 10.2. The van der Waals surface area contributed by atoms with Crippen molar-refractivity contribution in [2.45, 2.75) is 39.1 Å². The molecule has 0 amide bonds. The van der Waals surface area contributed by atoms with Crippen LogP contribution in [0.25, 0.3) is 0 Å². The molecule has 0 fully saturated rings. The lowest BCUT2D eigenvalue weighted by molar-refractivity contribution is -0.929. The molecule has 29 heavy (non-hydrogen) atoms. The molecule has 2 aromatic rings. The van der Waals surface area contributed by atoms with Gasteiger partial charge < -0.3 is 14.0 Å². The molecule has 2 atom stereocenters. The van der Waals surface area contributed by atoms with Crippen LogP contribution in [0.5, 0.6) is 0 Å². The number of benzene rings is 2. The Kier molecular flexibility index (Phi) is 8.84. The summed E-state index contributed by atoms with van der Waals surface area (Å²) >= 11 is 0. The minimum Gasteiger partial charge on any atom is -0.370 e. The van der Waals surface area contributed by atoms with Crippen LogP contribution in [-0.2, 0) is 22.7 Å². The Hall–Kier alpha value is -2.20. The summed E-state index contributed by atoms with van der Waals surface area (Å²) in [5.41, 5.74) is 4.58. The van der Waals surface area contributed by atoms with Crippen LogP contribution in [0.15, 0.2) is 85.0 Å². The van der Waals surface area contributed by atoms with E-state index < -0.39 is 0 Å². The molecule has 0 saturated heterocycles. The van der Waals surface area contributed by atoms with E-state index in [9.17, 15) is 0 Å². The van der Waals surface area contributed by atoms with E-state index in [0.717, 1.165) is 11.1 Å². The summed E-state index contributed by atoms with van der Waals surface area (Å²) in [5, 5.41) is 0. The number of hydrogen-bond acceptors (Lipinski definition) is 2. The molecule has 2 aromatic carbocycles. The zero-order valence-electron chi connectivity index (χ0n) is 18.4. The SMILES string of the molecule is C=C(C)C(COCc1ccccc1)[N+](C)(C)C(COCc1ccccc1)C(=C)C. The maximum atomic E-state index is 6.09. The third-order valence-corrected chi connectivity index (χ3v) is 5.52. The van der Waals surface area contributed by atoms with Crippen molar-refractivity contribution in [1.29, 1.82) is 0 Å². The summed E-state index contributed by atoms with van der Waals surface area (Å²) in [6, 6.07) is 20.8. The number of hydrogen-bond donors (Lipinski definition) is 0. The molecular weight excluding hydrogens is 358 g/mol. The van der Waals surface area contributed by atoms with Gasteiger partial charge in [-0.25, -0.2) is 0 Å². The molecule has 0 saturated carbocycles. The van der Waals surface area contributed by atoms with Crippen LogP contribution in [-0.4, -0.2) is 43.9 Å². The Bertz CT molecular complexity index is 702. The first-order valence-electron chi connectivity index (χ1n) is 10.2. The molecule has 0 radical (unpaired) electrons. The van der Waals surface area contributed by atoms with E-state index >= 15 is 0 Å². The molecule has 0 heterocycles. The van der Waals surface area contributed by atoms with Crippen LogP contribution in [0.4, 0.5) is 0 Å². The maximum absolute atomic E-state index is 6.09. The van der Waals surface area contributed by atoms with Crippen LogP contribution in [0.3, 0.4) is 0 Å². The van der Waals surface area contributed by atoms with Crippen LogP contribution in [0.2, 0.25) is 0 Å². The van der Waals surface area contributed by atoms with E-state index in [1.165, 1.54) is 11.1 Å². The fraction of sp³-hybridized carbons (Fsp3) is 0.385. The average Bonchev–Trinajstić information content (AvgIpc) is 2.69. The smallest absolute Gasteiger partial charge is 0.134 e. The summed E-state index contributed by atoms with van der Waals surface area (Å²) in [4.78, 5) is 0. The second-order valence-corrected chi connectivity index (χ2v) is 8.35. The van der Waals surface area contributed by atoms with Crippen LogP contribution in [0.1, 0.15) is 25.0 Å². The topological polar surface area (TPSA) is 18.5 Å². The first-order chi connectivity index (χ1) is 13.8. The number of quaternary nitrogens is 1. The van der Waals surface area contributed by atoms with E-state index in [-0.39, 0.29) is 12.1 Å². The summed E-state index contributed by atoms with van der Waals surface area (Å²) in [7, 11) is 4.44. The van der Waals surface area contributed by atoms with Gasteiger partial charge in [0.2, 0.25) is 0 Å². The molecule has 3 nitrogen and oxygen atoms in total. The van der Waals surface area contributed by atoms with Crippen molar-refractivity contribution in [1.82, 2.24) is 0 Å². The number of nitrogens with zero attached hydrogens (tertiary/aromatic N) is 1. The summed E-state index contributed by atoms with van der Waals surface area (Å²) < 4.78 is 12.9. The molecule has 2 rings (SSSR count). The van der Waals surface area contributed by atoms with Gasteiger partial charge in [-0.2, -0.15) is 0 Å². The fourth-order valence-corrected chi connectivity index (χ4v) is 3.75. The molecule has 0 bridgehead atoms. The lowest BCUT2D eigenvalue weighted by Crippen LogP contribution is -2.59. The van der Waals surface area contributed by atoms with Gasteiger partial charge in [-0.15, -0.1) is 0 Å². The second kappa shape index (κ2) is 11.1. The van der Waals surface area contributed by atoms with Crippen LogP contribution in [0, 0.1) is 0 Å². The molecule has 0 aliphatic rings. The second-order valence-electron chi connectivity index (χ2n) is 8.35. The molecular formula is C26H36NO2+. The highest BCUT2D eigenvalue weighted by atomic mass is 16.5. The fourth-order valence-electron chi connectivity index (χ4n) is 3.75. The van der Waals surface area contributed by atoms with Crippen molar-refractivity contribution < 1.29 is 14.0 Å². The van der Waals surface area contributed by atoms with Crippen molar-refractivity contribution in [3.05, 3.63) is 96.1 Å². The third-order valence-electron chi connectivity index (χ3n) is 5.52. The van der Waals surface area contributed by atoms with Gasteiger partial charge in [0.15, 0.2) is 0 Å². The Balaban J connectivity index is 2.01. The molecule has 0 aromatic heterocycles. The van der Waals surface area contributed by atoms with Gasteiger partial charge in [0, 0.05) is 0 Å². The minimum atomic E-state index is 0.153. The summed E-state index contributed by atoms with van der Waals surface area (Å²) in [5.74, 6) is 0. The Labute approximate surface area is 176 Å². The van der Waals surface area contributed by atoms with Gasteiger partial charge in [-0.3, -0.25) is 0 Å². The Morgan fingerprint density at radius 2 is 1.07 bits per heavy atom. The van der Waals surface area contributed by atoms with E-state index in [1.807, 2.05) is 36.4 Å². The van der Waals surface area contributed by atoms with Crippen LogP contribution >= 0.6 is 0 Å². The van der Waals surface area contributed by atoms with Gasteiger partial charge in [0.1, 0.15) is 25.3 Å². The molecule has 0 aliphatic carbocycles. The maximum Gasteiger partial charge on any atom is 0.134 e. The van der Waals surface area contributed by atoms with Gasteiger partial charge in [0.05, 0.1) is 27.3 Å². The van der Waals surface area contributed by atoms with Gasteiger partial charge >= 0.3 is 0 Å². The highest BCUT2D eigenvalue weighted by Crippen LogP contribution is 2.24. The molecule has 0 aliphatic heterocycles. The molecule has 3 heteroatoms. The highest BCUT2D eigenvalue weighted by Gasteiger charge is 2.37. The predicted octanol–water partition coefficient (Wildman–Crippen LogP) is 5.39. The van der Waals surface area contributed by atoms with E-state index in [2.05, 4.69) is 65.4 Å². The lowest BCUT2D eigenvalue weighted by atomic mass is 10.0.